The summed E-state index contributed by atoms with van der Waals surface area (Å²) in [4.78, 5) is 1.25. The van der Waals surface area contributed by atoms with Gasteiger partial charge in [-0.15, -0.1) is 11.8 Å². The summed E-state index contributed by atoms with van der Waals surface area (Å²) >= 11 is 1.88. The van der Waals surface area contributed by atoms with Crippen molar-refractivity contribution in [1.82, 2.24) is 0 Å². The molecule has 0 aromatic heterocycles. The molecule has 208 valence electrons. The van der Waals surface area contributed by atoms with Crippen LogP contribution >= 0.6 is 11.8 Å². The Morgan fingerprint density at radius 2 is 1.61 bits per heavy atom. The minimum absolute atomic E-state index is 0.0640. The predicted molar refractivity (Wildman–Crippen MR) is 162 cm³/mol. The zero-order valence-corrected chi connectivity index (χ0v) is 26.4. The third-order valence-corrected chi connectivity index (χ3v) is 14.0. The lowest BCUT2D eigenvalue weighted by Gasteiger charge is -2.40. The van der Waals surface area contributed by atoms with E-state index in [1.165, 1.54) is 16.0 Å². The van der Waals surface area contributed by atoms with Crippen LogP contribution in [0.5, 0.6) is 11.5 Å². The highest BCUT2D eigenvalue weighted by Gasteiger charge is 2.41. The van der Waals surface area contributed by atoms with Crippen LogP contribution in [0.1, 0.15) is 64.0 Å². The normalized spacial score (nSPS) is 19.3. The lowest BCUT2D eigenvalue weighted by atomic mass is 9.70. The molecule has 1 heterocycles. The molecular weight excluding hydrogens is 509 g/mol. The second-order valence-corrected chi connectivity index (χ2v) is 17.6. The molecule has 6 heteroatoms. The summed E-state index contributed by atoms with van der Waals surface area (Å²) in [7, 11) is 1.77. The Hall–Kier alpha value is -1.91. The molecule has 3 rings (SSSR count). The van der Waals surface area contributed by atoms with Gasteiger partial charge in [0, 0.05) is 29.3 Å². The first-order valence-electron chi connectivity index (χ1n) is 13.7. The van der Waals surface area contributed by atoms with Crippen LogP contribution in [0, 0.1) is 11.8 Å². The third kappa shape index (κ3) is 7.60. The van der Waals surface area contributed by atoms with E-state index in [1.807, 2.05) is 30.0 Å². The molecule has 0 saturated heterocycles. The summed E-state index contributed by atoms with van der Waals surface area (Å²) in [6, 6.07) is 14.8. The van der Waals surface area contributed by atoms with E-state index in [1.54, 1.807) is 14.2 Å². The van der Waals surface area contributed by atoms with Gasteiger partial charge >= 0.3 is 0 Å². The summed E-state index contributed by atoms with van der Waals surface area (Å²) < 4.78 is 23.1. The Bertz CT molecular complexity index is 1100. The number of unbranched alkanes of at least 4 members (excludes halogenated alkanes) is 2. The summed E-state index contributed by atoms with van der Waals surface area (Å²) in [5, 5.41) is 0.266. The van der Waals surface area contributed by atoms with Crippen LogP contribution < -0.4 is 9.47 Å². The minimum atomic E-state index is -1.64. The molecule has 1 aliphatic rings. The van der Waals surface area contributed by atoms with Crippen LogP contribution in [0.25, 0.3) is 0 Å². The largest absolute Gasteiger partial charge is 0.497 e. The Morgan fingerprint density at radius 3 is 2.26 bits per heavy atom. The summed E-state index contributed by atoms with van der Waals surface area (Å²) in [6.07, 6.45) is 3.24. The Labute approximate surface area is 236 Å². The van der Waals surface area contributed by atoms with Crippen LogP contribution in [-0.4, -0.2) is 48.1 Å². The van der Waals surface area contributed by atoms with Crippen LogP contribution in [0.4, 0.5) is 0 Å². The zero-order chi connectivity index (χ0) is 27.8. The van der Waals surface area contributed by atoms with Crippen molar-refractivity contribution in [3.63, 3.8) is 0 Å². The highest BCUT2D eigenvalue weighted by molar-refractivity contribution is 7.99. The molecule has 0 N–H and O–H groups in total. The minimum Gasteiger partial charge on any atom is -0.497 e. The average Bonchev–Trinajstić information content (AvgIpc) is 2.89. The number of methoxy groups -OCH3 is 2. The lowest BCUT2D eigenvalue weighted by Crippen LogP contribution is -2.40. The monoisotopic (exact) mass is 554 g/mol. The van der Waals surface area contributed by atoms with Crippen molar-refractivity contribution >= 4 is 20.1 Å². The number of ether oxygens (including phenoxy) is 3. The van der Waals surface area contributed by atoms with Gasteiger partial charge in [0.2, 0.25) is 0 Å². The van der Waals surface area contributed by atoms with Crippen LogP contribution in [0.3, 0.4) is 0 Å². The van der Waals surface area contributed by atoms with E-state index in [0.717, 1.165) is 49.7 Å². The zero-order valence-electron chi connectivity index (χ0n) is 24.6. The molecule has 4 nitrogen and oxygen atoms in total. The number of thioether (sulfide) groups is 1. The van der Waals surface area contributed by atoms with Gasteiger partial charge in [0.05, 0.1) is 20.1 Å². The van der Waals surface area contributed by atoms with Crippen molar-refractivity contribution in [3.8, 4) is 23.3 Å². The van der Waals surface area contributed by atoms with E-state index >= 15 is 0 Å². The van der Waals surface area contributed by atoms with Crippen molar-refractivity contribution in [3.05, 3.63) is 53.6 Å². The van der Waals surface area contributed by atoms with Gasteiger partial charge in [0.15, 0.2) is 8.32 Å². The van der Waals surface area contributed by atoms with Gasteiger partial charge in [0.25, 0.3) is 0 Å². The molecular formula is C32H46O4SSi. The van der Waals surface area contributed by atoms with Gasteiger partial charge in [-0.1, -0.05) is 57.7 Å². The molecule has 1 aliphatic heterocycles. The second kappa shape index (κ2) is 13.4. The molecule has 0 unspecified atom stereocenters. The summed E-state index contributed by atoms with van der Waals surface area (Å²) in [5.41, 5.74) is 2.40. The van der Waals surface area contributed by atoms with Gasteiger partial charge in [-0.2, -0.15) is 0 Å². The van der Waals surface area contributed by atoms with Crippen molar-refractivity contribution in [2.75, 3.05) is 39.8 Å². The van der Waals surface area contributed by atoms with Gasteiger partial charge in [0.1, 0.15) is 18.1 Å². The number of fused-ring (bicyclic) bond motifs is 1. The van der Waals surface area contributed by atoms with Crippen molar-refractivity contribution < 1.29 is 18.6 Å². The van der Waals surface area contributed by atoms with Crippen molar-refractivity contribution in [1.29, 1.82) is 0 Å². The maximum absolute atomic E-state index is 6.28. The Kier molecular flexibility index (Phi) is 10.8. The van der Waals surface area contributed by atoms with Crippen molar-refractivity contribution in [2.45, 2.75) is 81.3 Å². The highest BCUT2D eigenvalue weighted by Crippen LogP contribution is 2.50. The Balaban J connectivity index is 1.59. The van der Waals surface area contributed by atoms with Crippen molar-refractivity contribution in [2.24, 2.45) is 0 Å². The summed E-state index contributed by atoms with van der Waals surface area (Å²) in [6.45, 7) is 15.8. The molecule has 38 heavy (non-hydrogen) atoms. The molecule has 0 spiro atoms. The van der Waals surface area contributed by atoms with Gasteiger partial charge in [-0.05, 0) is 72.8 Å². The molecule has 2 atom stereocenters. The van der Waals surface area contributed by atoms with Gasteiger partial charge in [-0.25, -0.2) is 0 Å². The lowest BCUT2D eigenvalue weighted by molar-refractivity contribution is 0.159. The highest BCUT2D eigenvalue weighted by atomic mass is 32.2. The molecule has 0 amide bonds. The topological polar surface area (TPSA) is 36.9 Å². The third-order valence-electron chi connectivity index (χ3n) is 8.07. The fourth-order valence-corrected chi connectivity index (χ4v) is 6.84. The van der Waals surface area contributed by atoms with E-state index in [4.69, 9.17) is 18.6 Å². The van der Waals surface area contributed by atoms with E-state index in [-0.39, 0.29) is 16.4 Å². The van der Waals surface area contributed by atoms with Gasteiger partial charge < -0.3 is 18.6 Å². The first kappa shape index (κ1) is 30.6. The number of hydrogen-bond acceptors (Lipinski definition) is 5. The Morgan fingerprint density at radius 1 is 0.947 bits per heavy atom. The van der Waals surface area contributed by atoms with E-state index in [2.05, 4.69) is 76.9 Å². The van der Waals surface area contributed by atoms with Crippen LogP contribution in [0.15, 0.2) is 47.4 Å². The second-order valence-electron chi connectivity index (χ2n) is 11.8. The first-order chi connectivity index (χ1) is 18.0. The number of hydrogen-bond donors (Lipinski definition) is 0. The van der Waals surface area contributed by atoms with Gasteiger partial charge in [-0.3, -0.25) is 0 Å². The molecule has 0 radical (unpaired) electrons. The number of benzene rings is 2. The van der Waals surface area contributed by atoms with E-state index in [9.17, 15) is 0 Å². The summed E-state index contributed by atoms with van der Waals surface area (Å²) in [5.74, 6) is 9.71. The molecule has 0 saturated carbocycles. The molecule has 2 aromatic carbocycles. The SMILES string of the molecule is COc1ccc([C@@]2(C)CSc3cc(OC)ccc3[C@H]2C#CCOCCCCCO[Si](C)(C)C(C)(C)C)cc1. The molecule has 0 aliphatic carbocycles. The quantitative estimate of drug-likeness (QED) is 0.159. The van der Waals surface area contributed by atoms with Crippen LogP contribution in [-0.2, 0) is 14.6 Å². The predicted octanol–water partition coefficient (Wildman–Crippen LogP) is 8.06. The smallest absolute Gasteiger partial charge is 0.191 e. The molecule has 2 aromatic rings. The van der Waals surface area contributed by atoms with E-state index < -0.39 is 8.32 Å². The van der Waals surface area contributed by atoms with E-state index in [0.29, 0.717) is 6.61 Å². The molecule has 0 fully saturated rings. The average molecular weight is 555 g/mol. The maximum atomic E-state index is 6.28. The standard InChI is InChI=1S/C32H46O4SSi/c1-31(2,3)38(7,8)36-22-11-9-10-20-35-21-12-13-29-28-19-18-27(34-6)23-30(28)37-24-32(29,4)25-14-16-26(33-5)17-15-25/h14-19,23,29H,9-11,20-22,24H2,1-8H3/t29-,32-/m1/s1. The molecule has 0 bridgehead atoms. The maximum Gasteiger partial charge on any atom is 0.191 e. The van der Waals surface area contributed by atoms with Crippen LogP contribution in [0.2, 0.25) is 18.1 Å². The fraction of sp³-hybridized carbons (Fsp3) is 0.562. The number of rotatable bonds is 11. The fourth-order valence-electron chi connectivity index (χ4n) is 4.41. The first-order valence-corrected chi connectivity index (χ1v) is 17.6.